The summed E-state index contributed by atoms with van der Waals surface area (Å²) in [6, 6.07) is 27.9. The fourth-order valence-corrected chi connectivity index (χ4v) is 6.15. The lowest BCUT2D eigenvalue weighted by Crippen LogP contribution is -2.43. The van der Waals surface area contributed by atoms with Gasteiger partial charge < -0.3 is 9.88 Å². The minimum Gasteiger partial charge on any atom is -0.306 e. The maximum absolute atomic E-state index is 14.0. The lowest BCUT2D eigenvalue weighted by atomic mass is 9.83. The maximum Gasteiger partial charge on any atom is 0.326 e. The number of amidine groups is 1. The van der Waals surface area contributed by atoms with Crippen molar-refractivity contribution in [2.24, 2.45) is 4.99 Å². The van der Waals surface area contributed by atoms with Gasteiger partial charge in [0.05, 0.1) is 11.0 Å². The van der Waals surface area contributed by atoms with E-state index in [1.807, 2.05) is 101 Å². The van der Waals surface area contributed by atoms with Gasteiger partial charge in [0, 0.05) is 25.7 Å². The van der Waals surface area contributed by atoms with Crippen molar-refractivity contribution in [3.63, 3.8) is 0 Å². The summed E-state index contributed by atoms with van der Waals surface area (Å²) in [6.07, 6.45) is 2.75. The summed E-state index contributed by atoms with van der Waals surface area (Å²) in [5.41, 5.74) is 2.62. The van der Waals surface area contributed by atoms with Gasteiger partial charge in [-0.3, -0.25) is 14.3 Å². The fraction of sp³-hybridized carbons (Fsp3) is 0.323. The summed E-state index contributed by atoms with van der Waals surface area (Å²) in [7, 11) is 0. The Morgan fingerprint density at radius 2 is 1.45 bits per heavy atom. The third kappa shape index (κ3) is 4.17. The predicted octanol–water partition coefficient (Wildman–Crippen LogP) is 4.56. The monoisotopic (exact) mass is 507 g/mol. The normalized spacial score (nSPS) is 18.3. The molecule has 2 aliphatic heterocycles. The van der Waals surface area contributed by atoms with Crippen molar-refractivity contribution in [1.82, 2.24) is 19.4 Å². The Kier molecular flexibility index (Phi) is 6.45. The number of hydrogen-bond donors (Lipinski definition) is 1. The predicted molar refractivity (Wildman–Crippen MR) is 150 cm³/mol. The van der Waals surface area contributed by atoms with E-state index >= 15 is 0 Å². The number of amides is 1. The van der Waals surface area contributed by atoms with Gasteiger partial charge in [0.2, 0.25) is 0 Å². The highest BCUT2D eigenvalue weighted by Crippen LogP contribution is 2.40. The summed E-state index contributed by atoms with van der Waals surface area (Å²) in [6.45, 7) is 5.37. The molecule has 194 valence electrons. The number of aliphatic imine (C=N–C) groups is 1. The Labute approximate surface area is 222 Å². The van der Waals surface area contributed by atoms with E-state index in [4.69, 9.17) is 4.99 Å². The van der Waals surface area contributed by atoms with E-state index < -0.39 is 5.54 Å². The van der Waals surface area contributed by atoms with Gasteiger partial charge in [0.25, 0.3) is 5.91 Å². The zero-order valence-electron chi connectivity index (χ0n) is 21.7. The highest BCUT2D eigenvalue weighted by molar-refractivity contribution is 6.09. The molecule has 3 aromatic carbocycles. The second-order valence-corrected chi connectivity index (χ2v) is 10.3. The number of hydrogen-bond acceptors (Lipinski definition) is 4. The topological polar surface area (TPSA) is 73.7 Å². The van der Waals surface area contributed by atoms with E-state index in [2.05, 4.69) is 9.88 Å². The number of nitrogens with one attached hydrogen (secondary N) is 1. The molecule has 0 atom stereocenters. The van der Waals surface area contributed by atoms with Crippen LogP contribution in [0.3, 0.4) is 0 Å². The zero-order chi connectivity index (χ0) is 26.1. The van der Waals surface area contributed by atoms with Crippen molar-refractivity contribution < 1.29 is 4.79 Å². The Bertz CT molecular complexity index is 1470. The molecule has 0 bridgehead atoms. The summed E-state index contributed by atoms with van der Waals surface area (Å²) >= 11 is 0. The smallest absolute Gasteiger partial charge is 0.306 e. The number of aromatic amines is 1. The number of carbonyl (C=O) groups excluding carboxylic acids is 1. The number of rotatable bonds is 7. The molecule has 1 amide bonds. The van der Waals surface area contributed by atoms with Crippen LogP contribution in [-0.2, 0) is 10.3 Å². The Morgan fingerprint density at radius 3 is 2.11 bits per heavy atom. The summed E-state index contributed by atoms with van der Waals surface area (Å²) < 4.78 is 1.93. The van der Waals surface area contributed by atoms with Crippen molar-refractivity contribution in [2.45, 2.75) is 37.8 Å². The minimum absolute atomic E-state index is 0.0184. The number of para-hydroxylation sites is 2. The van der Waals surface area contributed by atoms with Crippen LogP contribution in [0.2, 0.25) is 0 Å². The highest BCUT2D eigenvalue weighted by Gasteiger charge is 2.49. The second kappa shape index (κ2) is 10.1. The van der Waals surface area contributed by atoms with E-state index in [0.717, 1.165) is 66.9 Å². The first-order valence-corrected chi connectivity index (χ1v) is 13.5. The summed E-state index contributed by atoms with van der Waals surface area (Å²) in [4.78, 5) is 38.9. The van der Waals surface area contributed by atoms with E-state index in [1.54, 1.807) is 0 Å². The number of H-pyrrole nitrogens is 1. The van der Waals surface area contributed by atoms with Crippen molar-refractivity contribution in [2.75, 3.05) is 26.2 Å². The molecule has 7 heteroatoms. The first-order chi connectivity index (χ1) is 18.6. The largest absolute Gasteiger partial charge is 0.326 e. The van der Waals surface area contributed by atoms with Crippen molar-refractivity contribution in [1.29, 1.82) is 0 Å². The molecule has 6 rings (SSSR count). The fourth-order valence-electron chi connectivity index (χ4n) is 6.15. The molecule has 1 fully saturated rings. The number of likely N-dealkylation sites (tertiary alicyclic amines) is 1. The molecule has 1 N–H and O–H groups in total. The van der Waals surface area contributed by atoms with Crippen LogP contribution >= 0.6 is 0 Å². The average Bonchev–Trinajstić information content (AvgIpc) is 3.43. The van der Waals surface area contributed by atoms with Crippen LogP contribution in [0.25, 0.3) is 11.0 Å². The number of aromatic nitrogens is 2. The number of imidazole rings is 1. The quantitative estimate of drug-likeness (QED) is 0.399. The molecule has 2 aliphatic rings. The Balaban J connectivity index is 1.11. The van der Waals surface area contributed by atoms with Crippen LogP contribution in [0.1, 0.15) is 43.4 Å². The molecule has 0 aliphatic carbocycles. The van der Waals surface area contributed by atoms with Gasteiger partial charge in [-0.2, -0.15) is 0 Å². The van der Waals surface area contributed by atoms with E-state index in [-0.39, 0.29) is 17.6 Å². The van der Waals surface area contributed by atoms with Crippen molar-refractivity contribution in [3.05, 3.63) is 107 Å². The third-order valence-electron chi connectivity index (χ3n) is 8.06. The Hall–Kier alpha value is -3.97. The summed E-state index contributed by atoms with van der Waals surface area (Å²) in [5, 5.41) is 0. The molecule has 4 aromatic rings. The molecular formula is C31H33N5O2. The molecule has 0 spiro atoms. The van der Waals surface area contributed by atoms with Gasteiger partial charge in [-0.15, -0.1) is 0 Å². The van der Waals surface area contributed by atoms with E-state index in [0.29, 0.717) is 6.54 Å². The number of benzene rings is 3. The molecule has 1 aromatic heterocycles. The third-order valence-corrected chi connectivity index (χ3v) is 8.06. The standard InChI is InChI=1S/C31H33N5O2/c1-23-33-31(24-11-4-2-5-12-24,25-13-6-3-7-14-25)29(37)35(23)20-10-19-34-21-17-26(18-22-34)36-28-16-9-8-15-27(28)32-30(36)38/h2-9,11-16,26H,10,17-22H2,1H3,(H,32,38). The van der Waals surface area contributed by atoms with Crippen LogP contribution in [0.5, 0.6) is 0 Å². The number of piperidine rings is 1. The molecular weight excluding hydrogens is 474 g/mol. The van der Waals surface area contributed by atoms with E-state index in [1.165, 1.54) is 0 Å². The molecule has 3 heterocycles. The van der Waals surface area contributed by atoms with Crippen LogP contribution in [0, 0.1) is 0 Å². The van der Waals surface area contributed by atoms with Gasteiger partial charge in [-0.1, -0.05) is 72.8 Å². The van der Waals surface area contributed by atoms with Crippen molar-refractivity contribution >= 4 is 22.8 Å². The van der Waals surface area contributed by atoms with Crippen LogP contribution in [0.15, 0.2) is 94.7 Å². The van der Waals surface area contributed by atoms with Crippen LogP contribution < -0.4 is 5.69 Å². The second-order valence-electron chi connectivity index (χ2n) is 10.3. The molecule has 0 radical (unpaired) electrons. The minimum atomic E-state index is -1.03. The molecule has 1 saturated heterocycles. The van der Waals surface area contributed by atoms with Gasteiger partial charge in [0.15, 0.2) is 5.54 Å². The number of nitrogens with zero attached hydrogens (tertiary/aromatic N) is 4. The zero-order valence-corrected chi connectivity index (χ0v) is 21.7. The Morgan fingerprint density at radius 1 is 0.842 bits per heavy atom. The van der Waals surface area contributed by atoms with Gasteiger partial charge in [-0.25, -0.2) is 9.79 Å². The highest BCUT2D eigenvalue weighted by atomic mass is 16.2. The molecule has 38 heavy (non-hydrogen) atoms. The van der Waals surface area contributed by atoms with Crippen molar-refractivity contribution in [3.8, 4) is 0 Å². The summed E-state index contributed by atoms with van der Waals surface area (Å²) in [5.74, 6) is 0.782. The van der Waals surface area contributed by atoms with Gasteiger partial charge in [0.1, 0.15) is 5.84 Å². The van der Waals surface area contributed by atoms with Gasteiger partial charge in [-0.05, 0) is 56.0 Å². The molecule has 0 unspecified atom stereocenters. The van der Waals surface area contributed by atoms with Crippen LogP contribution in [-0.4, -0.2) is 57.3 Å². The first kappa shape index (κ1) is 24.4. The molecule has 0 saturated carbocycles. The maximum atomic E-state index is 14.0. The molecule has 7 nitrogen and oxygen atoms in total. The van der Waals surface area contributed by atoms with Gasteiger partial charge >= 0.3 is 5.69 Å². The number of carbonyl (C=O) groups is 1. The average molecular weight is 508 g/mol. The lowest BCUT2D eigenvalue weighted by Gasteiger charge is -2.33. The van der Waals surface area contributed by atoms with E-state index in [9.17, 15) is 9.59 Å². The lowest BCUT2D eigenvalue weighted by molar-refractivity contribution is -0.130. The first-order valence-electron chi connectivity index (χ1n) is 13.5. The van der Waals surface area contributed by atoms with Crippen LogP contribution in [0.4, 0.5) is 0 Å². The number of fused-ring (bicyclic) bond motifs is 1. The SMILES string of the molecule is CC1=NC(c2ccccc2)(c2ccccc2)C(=O)N1CCCN1CCC(n2c(=O)[nH]c3ccccc32)CC1.